The first-order valence-electron chi connectivity index (χ1n) is 13.6. The van der Waals surface area contributed by atoms with Gasteiger partial charge in [0.2, 0.25) is 5.91 Å². The highest BCUT2D eigenvalue weighted by molar-refractivity contribution is 6.30. The first kappa shape index (κ1) is 29.4. The number of carbonyl (C=O) groups excluding carboxylic acids is 3. The number of hydrogen-bond acceptors (Lipinski definition) is 6. The molecule has 0 saturated carbocycles. The molecule has 0 spiro atoms. The first-order chi connectivity index (χ1) is 18.9. The first-order valence-corrected chi connectivity index (χ1v) is 14.0. The van der Waals surface area contributed by atoms with Gasteiger partial charge in [0.1, 0.15) is 12.1 Å². The third kappa shape index (κ3) is 6.24. The lowest BCUT2D eigenvalue weighted by Crippen LogP contribution is -2.56. The van der Waals surface area contributed by atoms with Gasteiger partial charge in [0, 0.05) is 22.3 Å². The minimum atomic E-state index is -0.817. The van der Waals surface area contributed by atoms with Crippen LogP contribution in [0.1, 0.15) is 74.5 Å². The predicted octanol–water partition coefficient (Wildman–Crippen LogP) is 4.24. The molecule has 0 aromatic heterocycles. The summed E-state index contributed by atoms with van der Waals surface area (Å²) < 4.78 is 0. The van der Waals surface area contributed by atoms with Crippen molar-refractivity contribution in [3.63, 3.8) is 0 Å². The zero-order valence-corrected chi connectivity index (χ0v) is 24.3. The number of benzene rings is 2. The summed E-state index contributed by atoms with van der Waals surface area (Å²) in [6, 6.07) is 13.4. The lowest BCUT2D eigenvalue weighted by molar-refractivity contribution is -0.137. The average molecular weight is 565 g/mol. The summed E-state index contributed by atoms with van der Waals surface area (Å²) in [6.07, 6.45) is 2.00. The number of rotatable bonds is 7. The van der Waals surface area contributed by atoms with E-state index in [4.69, 9.17) is 11.6 Å². The van der Waals surface area contributed by atoms with Crippen LogP contribution in [-0.2, 0) is 9.59 Å². The van der Waals surface area contributed by atoms with E-state index in [2.05, 4.69) is 27.6 Å². The fraction of sp³-hybridized carbons (Fsp3) is 0.467. The number of hydrazine groups is 1. The highest BCUT2D eigenvalue weighted by atomic mass is 35.5. The van der Waals surface area contributed by atoms with Crippen molar-refractivity contribution in [1.29, 1.82) is 5.26 Å². The van der Waals surface area contributed by atoms with Gasteiger partial charge >= 0.3 is 0 Å². The molecule has 0 bridgehead atoms. The quantitative estimate of drug-likeness (QED) is 0.398. The zero-order chi connectivity index (χ0) is 29.2. The van der Waals surface area contributed by atoms with Gasteiger partial charge in [-0.15, -0.1) is 0 Å². The molecular formula is C30H37ClN6O3. The van der Waals surface area contributed by atoms with Crippen LogP contribution in [0.5, 0.6) is 0 Å². The van der Waals surface area contributed by atoms with Crippen molar-refractivity contribution in [2.75, 3.05) is 5.32 Å². The van der Waals surface area contributed by atoms with Gasteiger partial charge in [-0.1, -0.05) is 23.7 Å². The number of aryl methyl sites for hydroxylation is 1. The topological polar surface area (TPSA) is 126 Å². The van der Waals surface area contributed by atoms with Crippen molar-refractivity contribution >= 4 is 35.0 Å². The molecule has 0 radical (unpaired) electrons. The number of halogens is 1. The normalized spacial score (nSPS) is 23.6. The van der Waals surface area contributed by atoms with E-state index in [0.29, 0.717) is 29.8 Å². The molecule has 0 aliphatic carbocycles. The van der Waals surface area contributed by atoms with E-state index < -0.39 is 11.5 Å². The Kier molecular flexibility index (Phi) is 8.71. The number of nitrogens with zero attached hydrogens (tertiary/aromatic N) is 2. The number of carbonyl (C=O) groups is 3. The number of nitrogens with one attached hydrogen (secondary N) is 4. The van der Waals surface area contributed by atoms with Crippen molar-refractivity contribution in [3.8, 4) is 6.07 Å². The summed E-state index contributed by atoms with van der Waals surface area (Å²) in [5.41, 5.74) is 7.70. The molecule has 2 fully saturated rings. The Morgan fingerprint density at radius 3 is 2.62 bits per heavy atom. The smallest absolute Gasteiger partial charge is 0.256 e. The van der Waals surface area contributed by atoms with Crippen LogP contribution in [0.3, 0.4) is 0 Å². The Hall–Kier alpha value is -3.61. The summed E-state index contributed by atoms with van der Waals surface area (Å²) in [6.45, 7) is 9.20. The van der Waals surface area contributed by atoms with Crippen molar-refractivity contribution in [2.45, 2.75) is 84.1 Å². The number of nitriles is 1. The molecule has 212 valence electrons. The predicted molar refractivity (Wildman–Crippen MR) is 154 cm³/mol. The molecule has 2 aliphatic heterocycles. The molecule has 4 rings (SSSR count). The SMILES string of the molecule is Cc1cc(C(=O)N[C@H](C)C(=O)N2[C@H](c3cccc(Cl)c3)CC[C@@H]2C(C)(C)C#N)ccc1NC1CC(C)NNC1=O. The Morgan fingerprint density at radius 1 is 1.20 bits per heavy atom. The van der Waals surface area contributed by atoms with Crippen molar-refractivity contribution in [2.24, 2.45) is 5.41 Å². The summed E-state index contributed by atoms with van der Waals surface area (Å²) >= 11 is 6.26. The summed E-state index contributed by atoms with van der Waals surface area (Å²) in [5, 5.41) is 16.6. The van der Waals surface area contributed by atoms with Crippen LogP contribution in [0.4, 0.5) is 5.69 Å². The standard InChI is InChI=1S/C30H37ClN6O3/c1-17-13-21(9-10-23(17)34-24-14-18(2)35-36-28(24)39)27(38)33-19(3)29(40)37-25(20-7-6-8-22(31)15-20)11-12-26(37)30(4,5)16-32/h6-10,13,15,18-19,24-26,34-35H,11-12,14H2,1-5H3,(H,33,38)(H,36,39)/t18?,19-,24?,25+,26-/m1/s1. The molecule has 2 aromatic carbocycles. The molecule has 2 heterocycles. The van der Waals surface area contributed by atoms with Crippen LogP contribution in [0.2, 0.25) is 5.02 Å². The maximum absolute atomic E-state index is 13.9. The Balaban J connectivity index is 1.50. The minimum Gasteiger partial charge on any atom is -0.373 e. The highest BCUT2D eigenvalue weighted by Gasteiger charge is 2.46. The minimum absolute atomic E-state index is 0.131. The van der Waals surface area contributed by atoms with Gasteiger partial charge < -0.3 is 15.5 Å². The number of amides is 3. The molecule has 4 N–H and O–H groups in total. The van der Waals surface area contributed by atoms with Crippen LogP contribution in [0.25, 0.3) is 0 Å². The van der Waals surface area contributed by atoms with Gasteiger partial charge in [0.05, 0.1) is 23.6 Å². The van der Waals surface area contributed by atoms with Crippen LogP contribution in [0, 0.1) is 23.7 Å². The van der Waals surface area contributed by atoms with Crippen LogP contribution < -0.4 is 21.5 Å². The van der Waals surface area contributed by atoms with E-state index in [-0.39, 0.29) is 41.9 Å². The van der Waals surface area contributed by atoms with E-state index in [1.54, 1.807) is 36.1 Å². The molecule has 40 heavy (non-hydrogen) atoms. The molecule has 2 saturated heterocycles. The molecule has 2 aliphatic rings. The molecule has 2 aromatic rings. The van der Waals surface area contributed by atoms with Gasteiger partial charge in [-0.25, -0.2) is 5.43 Å². The highest BCUT2D eigenvalue weighted by Crippen LogP contribution is 2.43. The van der Waals surface area contributed by atoms with Crippen LogP contribution >= 0.6 is 11.6 Å². The monoisotopic (exact) mass is 564 g/mol. The Bertz CT molecular complexity index is 1340. The lowest BCUT2D eigenvalue weighted by Gasteiger charge is -2.38. The molecule has 9 nitrogen and oxygen atoms in total. The van der Waals surface area contributed by atoms with Crippen molar-refractivity contribution in [3.05, 3.63) is 64.2 Å². The maximum atomic E-state index is 13.9. The second kappa shape index (κ2) is 11.9. The average Bonchev–Trinajstić information content (AvgIpc) is 3.37. The fourth-order valence-electron chi connectivity index (χ4n) is 5.59. The van der Waals surface area contributed by atoms with Crippen LogP contribution in [-0.4, -0.2) is 46.8 Å². The third-order valence-electron chi connectivity index (χ3n) is 7.88. The second-order valence-electron chi connectivity index (χ2n) is 11.4. The zero-order valence-electron chi connectivity index (χ0n) is 23.5. The van der Waals surface area contributed by atoms with Crippen LogP contribution in [0.15, 0.2) is 42.5 Å². The van der Waals surface area contributed by atoms with E-state index in [1.807, 2.05) is 45.9 Å². The maximum Gasteiger partial charge on any atom is 0.256 e. The van der Waals surface area contributed by atoms with E-state index in [9.17, 15) is 19.6 Å². The van der Waals surface area contributed by atoms with E-state index >= 15 is 0 Å². The van der Waals surface area contributed by atoms with Crippen molar-refractivity contribution < 1.29 is 14.4 Å². The summed E-state index contributed by atoms with van der Waals surface area (Å²) in [4.78, 5) is 41.0. The van der Waals surface area contributed by atoms with Gasteiger partial charge in [0.15, 0.2) is 0 Å². The van der Waals surface area contributed by atoms with Gasteiger partial charge in [-0.2, -0.15) is 5.26 Å². The summed E-state index contributed by atoms with van der Waals surface area (Å²) in [5.74, 6) is -0.758. The summed E-state index contributed by atoms with van der Waals surface area (Å²) in [7, 11) is 0. The number of anilines is 1. The van der Waals surface area contributed by atoms with Gasteiger partial charge in [-0.3, -0.25) is 19.8 Å². The van der Waals surface area contributed by atoms with Crippen molar-refractivity contribution in [1.82, 2.24) is 21.1 Å². The van der Waals surface area contributed by atoms with Gasteiger partial charge in [0.25, 0.3) is 11.8 Å². The molecule has 10 heteroatoms. The number of likely N-dealkylation sites (tertiary alicyclic amines) is 1. The van der Waals surface area contributed by atoms with E-state index in [1.165, 1.54) is 0 Å². The van der Waals surface area contributed by atoms with E-state index in [0.717, 1.165) is 16.8 Å². The Labute approximate surface area is 240 Å². The lowest BCUT2D eigenvalue weighted by atomic mass is 9.84. The molecule has 3 amide bonds. The second-order valence-corrected chi connectivity index (χ2v) is 11.9. The fourth-order valence-corrected chi connectivity index (χ4v) is 5.79. The largest absolute Gasteiger partial charge is 0.373 e. The molecular weight excluding hydrogens is 528 g/mol. The molecule has 5 atom stereocenters. The Morgan fingerprint density at radius 2 is 1.95 bits per heavy atom. The van der Waals surface area contributed by atoms with Gasteiger partial charge in [-0.05, 0) is 95.3 Å². The number of hydrogen-bond donors (Lipinski definition) is 4. The third-order valence-corrected chi connectivity index (χ3v) is 8.11. The molecule has 2 unspecified atom stereocenters.